The molecule has 4 aromatic rings. The molecule has 0 radical (unpaired) electrons. The van der Waals surface area contributed by atoms with E-state index in [9.17, 15) is 4.79 Å². The molecule has 170 valence electrons. The van der Waals surface area contributed by atoms with E-state index >= 15 is 0 Å². The summed E-state index contributed by atoms with van der Waals surface area (Å²) in [5, 5.41) is 11.0. The van der Waals surface area contributed by atoms with E-state index in [0.717, 1.165) is 15.6 Å². The molecule has 2 N–H and O–H groups in total. The van der Waals surface area contributed by atoms with E-state index in [-0.39, 0.29) is 5.91 Å². The Kier molecular flexibility index (Phi) is 5.85. The van der Waals surface area contributed by atoms with Gasteiger partial charge in [-0.25, -0.2) is 4.68 Å². The summed E-state index contributed by atoms with van der Waals surface area (Å²) in [5.41, 5.74) is 3.56. The zero-order valence-corrected chi connectivity index (χ0v) is 20.1. The van der Waals surface area contributed by atoms with Crippen molar-refractivity contribution in [2.24, 2.45) is 0 Å². The Balaban J connectivity index is 1.61. The topological polar surface area (TPSA) is 94.0 Å². The molecule has 0 fully saturated rings. The van der Waals surface area contributed by atoms with Crippen LogP contribution in [0.1, 0.15) is 18.5 Å². The van der Waals surface area contributed by atoms with Crippen LogP contribution < -0.4 is 15.4 Å². The van der Waals surface area contributed by atoms with E-state index in [0.29, 0.717) is 34.5 Å². The largest absolute Gasteiger partial charge is 0.497 e. The van der Waals surface area contributed by atoms with Gasteiger partial charge < -0.3 is 15.4 Å². The molecule has 34 heavy (non-hydrogen) atoms. The number of ether oxygens (including phenoxy) is 1. The van der Waals surface area contributed by atoms with Gasteiger partial charge in [-0.3, -0.25) is 9.78 Å². The number of allylic oxidation sites excluding steroid dienone is 1. The molecule has 1 unspecified atom stereocenters. The first-order valence-electron chi connectivity index (χ1n) is 10.6. The van der Waals surface area contributed by atoms with E-state index in [1.165, 1.54) is 0 Å². The summed E-state index contributed by atoms with van der Waals surface area (Å²) >= 11 is 3.55. The molecule has 0 saturated carbocycles. The Bertz CT molecular complexity index is 1400. The maximum atomic E-state index is 13.5. The van der Waals surface area contributed by atoms with Crippen LogP contribution in [0.15, 0.2) is 88.8 Å². The predicted octanol–water partition coefficient (Wildman–Crippen LogP) is 5.04. The molecular weight excluding hydrogens is 496 g/mol. The van der Waals surface area contributed by atoms with Gasteiger partial charge in [-0.1, -0.05) is 40.2 Å². The zero-order chi connectivity index (χ0) is 23.7. The first kappa shape index (κ1) is 21.8. The van der Waals surface area contributed by atoms with E-state index < -0.39 is 6.04 Å². The van der Waals surface area contributed by atoms with Crippen LogP contribution in [0.3, 0.4) is 0 Å². The second-order valence-corrected chi connectivity index (χ2v) is 8.67. The fourth-order valence-electron chi connectivity index (χ4n) is 3.95. The predicted molar refractivity (Wildman–Crippen MR) is 133 cm³/mol. The molecule has 3 heterocycles. The standard InChI is InChI=1S/C25H21BrN6O2/c1-15-21(24(33)29-19-9-5-11-27-14-19)22(16-6-3-8-18(26)12-16)32-25(28-15)30-23(31-32)17-7-4-10-20(13-17)34-2/h3-14,22H,1-2H3,(H,29,33)(H,28,30,31). The number of hydrogen-bond donors (Lipinski definition) is 2. The van der Waals surface area contributed by atoms with Gasteiger partial charge in [-0.15, -0.1) is 5.10 Å². The summed E-state index contributed by atoms with van der Waals surface area (Å²) in [7, 11) is 1.62. The summed E-state index contributed by atoms with van der Waals surface area (Å²) in [6.45, 7) is 1.87. The summed E-state index contributed by atoms with van der Waals surface area (Å²) in [4.78, 5) is 22.3. The molecule has 5 rings (SSSR count). The van der Waals surface area contributed by atoms with Crippen molar-refractivity contribution in [3.8, 4) is 17.1 Å². The van der Waals surface area contributed by atoms with Crippen molar-refractivity contribution in [2.45, 2.75) is 13.0 Å². The van der Waals surface area contributed by atoms with Crippen LogP contribution in [-0.4, -0.2) is 32.8 Å². The Labute approximate surface area is 204 Å². The Hall–Kier alpha value is -3.98. The molecule has 9 heteroatoms. The number of methoxy groups -OCH3 is 1. The molecule has 2 aromatic carbocycles. The molecule has 8 nitrogen and oxygen atoms in total. The van der Waals surface area contributed by atoms with Gasteiger partial charge in [0.1, 0.15) is 11.8 Å². The fourth-order valence-corrected chi connectivity index (χ4v) is 4.37. The van der Waals surface area contributed by atoms with Crippen LogP contribution in [-0.2, 0) is 4.79 Å². The van der Waals surface area contributed by atoms with Crippen LogP contribution in [0.2, 0.25) is 0 Å². The molecule has 1 atom stereocenters. The molecular formula is C25H21BrN6O2. The van der Waals surface area contributed by atoms with Crippen molar-refractivity contribution in [3.63, 3.8) is 0 Å². The number of amides is 1. The highest BCUT2D eigenvalue weighted by Crippen LogP contribution is 2.37. The minimum atomic E-state index is -0.489. The Morgan fingerprint density at radius 2 is 2.00 bits per heavy atom. The molecule has 0 aliphatic carbocycles. The third-order valence-electron chi connectivity index (χ3n) is 5.51. The smallest absolute Gasteiger partial charge is 0.255 e. The molecule has 0 saturated heterocycles. The van der Waals surface area contributed by atoms with Gasteiger partial charge in [-0.2, -0.15) is 4.98 Å². The number of hydrogen-bond acceptors (Lipinski definition) is 6. The first-order chi connectivity index (χ1) is 16.5. The third-order valence-corrected chi connectivity index (χ3v) is 6.00. The van der Waals surface area contributed by atoms with Crippen LogP contribution in [0.5, 0.6) is 5.75 Å². The highest BCUT2D eigenvalue weighted by atomic mass is 79.9. The van der Waals surface area contributed by atoms with E-state index in [1.54, 1.807) is 36.3 Å². The highest BCUT2D eigenvalue weighted by Gasteiger charge is 2.34. The number of carbonyl (C=O) groups is 1. The number of nitrogens with zero attached hydrogens (tertiary/aromatic N) is 4. The van der Waals surface area contributed by atoms with E-state index in [4.69, 9.17) is 14.8 Å². The Morgan fingerprint density at radius 1 is 1.15 bits per heavy atom. The number of fused-ring (bicyclic) bond motifs is 1. The number of pyridine rings is 1. The lowest BCUT2D eigenvalue weighted by Crippen LogP contribution is -2.31. The number of nitrogens with one attached hydrogen (secondary N) is 2. The minimum absolute atomic E-state index is 0.243. The molecule has 0 spiro atoms. The quantitative estimate of drug-likeness (QED) is 0.386. The van der Waals surface area contributed by atoms with Gasteiger partial charge in [0.2, 0.25) is 5.95 Å². The number of rotatable bonds is 5. The minimum Gasteiger partial charge on any atom is -0.497 e. The van der Waals surface area contributed by atoms with E-state index in [2.05, 4.69) is 31.5 Å². The maximum absolute atomic E-state index is 13.5. The van der Waals surface area contributed by atoms with Gasteiger partial charge >= 0.3 is 0 Å². The SMILES string of the molecule is COc1cccc(-c2nc3n(n2)C(c2cccc(Br)c2)C(C(=O)Nc2cccnc2)=C(C)N3)c1. The van der Waals surface area contributed by atoms with Crippen LogP contribution in [0, 0.1) is 0 Å². The second-order valence-electron chi connectivity index (χ2n) is 7.75. The number of aromatic nitrogens is 4. The molecule has 1 amide bonds. The summed E-state index contributed by atoms with van der Waals surface area (Å²) in [5.74, 6) is 1.56. The zero-order valence-electron chi connectivity index (χ0n) is 18.5. The van der Waals surface area contributed by atoms with Crippen molar-refractivity contribution in [1.82, 2.24) is 19.7 Å². The molecule has 1 aliphatic rings. The van der Waals surface area contributed by atoms with Crippen LogP contribution in [0.4, 0.5) is 11.6 Å². The summed E-state index contributed by atoms with van der Waals surface area (Å²) in [6, 6.07) is 18.5. The maximum Gasteiger partial charge on any atom is 0.255 e. The van der Waals surface area contributed by atoms with Gasteiger partial charge in [0.05, 0.1) is 24.6 Å². The molecule has 0 bridgehead atoms. The average Bonchev–Trinajstić information content (AvgIpc) is 3.27. The third kappa shape index (κ3) is 4.17. The van der Waals surface area contributed by atoms with Crippen molar-refractivity contribution in [1.29, 1.82) is 0 Å². The monoisotopic (exact) mass is 516 g/mol. The number of halogens is 1. The first-order valence-corrected chi connectivity index (χ1v) is 11.4. The van der Waals surface area contributed by atoms with E-state index in [1.807, 2.05) is 55.5 Å². The normalized spacial score (nSPS) is 14.9. The number of anilines is 2. The lowest BCUT2D eigenvalue weighted by molar-refractivity contribution is -0.113. The lowest BCUT2D eigenvalue weighted by Gasteiger charge is -2.28. The molecule has 2 aromatic heterocycles. The van der Waals surface area contributed by atoms with Gasteiger partial charge in [-0.05, 0) is 48.9 Å². The van der Waals surface area contributed by atoms with Gasteiger partial charge in [0.25, 0.3) is 5.91 Å². The fraction of sp³-hybridized carbons (Fsp3) is 0.120. The highest BCUT2D eigenvalue weighted by molar-refractivity contribution is 9.10. The van der Waals surface area contributed by atoms with Crippen LogP contribution in [0.25, 0.3) is 11.4 Å². The van der Waals surface area contributed by atoms with Crippen LogP contribution >= 0.6 is 15.9 Å². The molecule has 1 aliphatic heterocycles. The second kappa shape index (κ2) is 9.11. The lowest BCUT2D eigenvalue weighted by atomic mass is 9.95. The van der Waals surface area contributed by atoms with Gasteiger partial charge in [0.15, 0.2) is 5.82 Å². The summed E-state index contributed by atoms with van der Waals surface area (Å²) < 4.78 is 8.01. The van der Waals surface area contributed by atoms with Crippen molar-refractivity contribution in [3.05, 3.63) is 94.4 Å². The number of benzene rings is 2. The van der Waals surface area contributed by atoms with Crippen molar-refractivity contribution in [2.75, 3.05) is 17.7 Å². The summed E-state index contributed by atoms with van der Waals surface area (Å²) in [6.07, 6.45) is 3.27. The Morgan fingerprint density at radius 3 is 2.76 bits per heavy atom. The van der Waals surface area contributed by atoms with Gasteiger partial charge in [0, 0.05) is 21.9 Å². The van der Waals surface area contributed by atoms with Crippen molar-refractivity contribution >= 4 is 33.5 Å². The van der Waals surface area contributed by atoms with Crippen molar-refractivity contribution < 1.29 is 9.53 Å². The number of carbonyl (C=O) groups excluding carboxylic acids is 1. The average molecular weight is 517 g/mol.